The van der Waals surface area contributed by atoms with Crippen LogP contribution >= 0.6 is 0 Å². The molecule has 0 radical (unpaired) electrons. The lowest BCUT2D eigenvalue weighted by Gasteiger charge is -2.27. The number of aliphatic carboxylic acids is 2. The van der Waals surface area contributed by atoms with Crippen LogP contribution in [0.5, 0.6) is 0 Å². The molecule has 0 aromatic heterocycles. The fourth-order valence-corrected chi connectivity index (χ4v) is 7.35. The maximum absolute atomic E-state index is 14.3. The minimum absolute atomic E-state index is 0.0181. The number of carboxylic acids is 2. The zero-order chi connectivity index (χ0) is 59.1. The van der Waals surface area contributed by atoms with Gasteiger partial charge in [-0.2, -0.15) is 0 Å². The fourth-order valence-electron chi connectivity index (χ4n) is 7.35. The van der Waals surface area contributed by atoms with Gasteiger partial charge < -0.3 is 81.4 Å². The first-order chi connectivity index (χ1) is 36.7. The molecule has 0 heterocycles. The maximum Gasteiger partial charge on any atom is 0.305 e. The number of primary amides is 1. The molecule has 30 nitrogen and oxygen atoms in total. The molecule has 0 aliphatic heterocycles. The van der Waals surface area contributed by atoms with E-state index in [4.69, 9.17) is 28.7 Å². The molecule has 0 aliphatic carbocycles. The summed E-state index contributed by atoms with van der Waals surface area (Å²) in [5.74, 6) is -11.8. The van der Waals surface area contributed by atoms with E-state index in [1.54, 1.807) is 6.92 Å². The summed E-state index contributed by atoms with van der Waals surface area (Å²) in [5, 5.41) is 50.2. The van der Waals surface area contributed by atoms with Gasteiger partial charge in [0.2, 0.25) is 53.2 Å². The summed E-state index contributed by atoms with van der Waals surface area (Å²) in [5.41, 5.74) is 27.7. The van der Waals surface area contributed by atoms with Crippen LogP contribution in [0.3, 0.4) is 0 Å². The van der Waals surface area contributed by atoms with Gasteiger partial charge in [-0.1, -0.05) is 58.1 Å². The molecular formula is C48H79N15O15. The molecule has 0 unspecified atom stereocenters. The molecule has 1 rings (SSSR count). The van der Waals surface area contributed by atoms with Gasteiger partial charge in [0.1, 0.15) is 48.3 Å². The molecule has 20 N–H and O–H groups in total. The van der Waals surface area contributed by atoms with E-state index in [0.29, 0.717) is 38.6 Å². The van der Waals surface area contributed by atoms with Crippen molar-refractivity contribution >= 4 is 76.8 Å². The molecule has 0 saturated carbocycles. The Morgan fingerprint density at radius 3 is 1.47 bits per heavy atom. The quantitative estimate of drug-likeness (QED) is 0.0101. The highest BCUT2D eigenvalue weighted by Gasteiger charge is 2.35. The monoisotopic (exact) mass is 1110 g/mol. The number of non-ortho nitro benzene ring substituents is 1. The molecule has 1 aromatic rings. The molecule has 0 spiro atoms. The number of carbonyl (C=O) groups excluding carboxylic acids is 9. The molecule has 0 bridgehead atoms. The summed E-state index contributed by atoms with van der Waals surface area (Å²) in [7, 11) is 0. The molecule has 9 atom stereocenters. The number of benzene rings is 1. The Morgan fingerprint density at radius 1 is 0.551 bits per heavy atom. The van der Waals surface area contributed by atoms with E-state index < -0.39 is 150 Å². The van der Waals surface area contributed by atoms with Crippen molar-refractivity contribution in [3.63, 3.8) is 0 Å². The normalized spacial score (nSPS) is 14.3. The standard InChI is InChI=1S/C48H79N15O15/c1-5-7-13-31(39(51)68)57-40(69)27(4)56-43(72)34(20-21-37(64)65)60-46(75)35(24-28-16-18-29(19-17-28)63(77)78)61-44(73)32(14-8-6-2)59-47(76)36(25-38(66)67)62-45(74)33(15-11-23-54-48(52)53)58-41(70)26(3)55-42(71)30(50)12-9-10-22-49/h16-19,26-27,30-36H,5-15,20-25,49-50H2,1-4H3,(H2,51,68)(H,55,71)(H,56,72)(H,57,69)(H,58,70)(H,59,76)(H,60,75)(H,61,73)(H,62,74)(H,64,65)(H,66,67)(H4,52,53,54)/t26-,27-,30-,31-,32-,33-,34-,35-,36-/m0/s1. The van der Waals surface area contributed by atoms with E-state index in [1.807, 2.05) is 6.92 Å². The lowest BCUT2D eigenvalue weighted by molar-refractivity contribution is -0.384. The van der Waals surface area contributed by atoms with Gasteiger partial charge >= 0.3 is 11.9 Å². The Kier molecular flexibility index (Phi) is 31.5. The molecule has 0 aliphatic rings. The third kappa shape index (κ3) is 26.6. The highest BCUT2D eigenvalue weighted by Crippen LogP contribution is 2.15. The number of nitrogens with zero attached hydrogens (tertiary/aromatic N) is 2. The average Bonchev–Trinajstić information content (AvgIpc) is 3.37. The lowest BCUT2D eigenvalue weighted by atomic mass is 10.0. The Balaban J connectivity index is 3.60. The Labute approximate surface area is 451 Å². The van der Waals surface area contributed by atoms with Crippen molar-refractivity contribution in [2.75, 3.05) is 13.1 Å². The molecule has 30 heteroatoms. The SMILES string of the molecule is CCCC[C@H](NC(=O)[C@H](C)NC(=O)[C@H](CCC(=O)O)NC(=O)[C@H](Cc1ccc([N+](=O)[O-])cc1)NC(=O)[C@H](CCCC)NC(=O)[C@H](CC(=O)O)NC(=O)[C@H](CCCN=C(N)N)NC(=O)[C@H](C)NC(=O)[C@@H](N)CCCCN)C(N)=O. The fraction of sp³-hybridized carbons (Fsp3) is 0.625. The molecule has 0 fully saturated rings. The molecule has 78 heavy (non-hydrogen) atoms. The zero-order valence-corrected chi connectivity index (χ0v) is 44.5. The topological polar surface area (TPSA) is 510 Å². The van der Waals surface area contributed by atoms with Crippen molar-refractivity contribution in [3.05, 3.63) is 39.9 Å². The van der Waals surface area contributed by atoms with Gasteiger partial charge in [0.05, 0.1) is 17.4 Å². The smallest absolute Gasteiger partial charge is 0.305 e. The molecule has 0 saturated heterocycles. The van der Waals surface area contributed by atoms with Gasteiger partial charge in [0, 0.05) is 31.5 Å². The molecular weight excluding hydrogens is 1030 g/mol. The van der Waals surface area contributed by atoms with Gasteiger partial charge in [-0.25, -0.2) is 0 Å². The van der Waals surface area contributed by atoms with Crippen molar-refractivity contribution in [1.82, 2.24) is 42.5 Å². The first-order valence-electron chi connectivity index (χ1n) is 25.6. The van der Waals surface area contributed by atoms with Crippen LogP contribution in [0.25, 0.3) is 0 Å². The summed E-state index contributed by atoms with van der Waals surface area (Å²) < 4.78 is 0. The third-order valence-electron chi connectivity index (χ3n) is 11.9. The summed E-state index contributed by atoms with van der Waals surface area (Å²) in [6, 6.07) is -8.08. The van der Waals surface area contributed by atoms with Gasteiger partial charge in [-0.3, -0.25) is 67.8 Å². The summed E-state index contributed by atoms with van der Waals surface area (Å²) in [4.78, 5) is 160. The number of rotatable bonds is 39. The second kappa shape index (κ2) is 36.1. The van der Waals surface area contributed by atoms with Crippen LogP contribution in [0.1, 0.15) is 123 Å². The van der Waals surface area contributed by atoms with Crippen molar-refractivity contribution in [1.29, 1.82) is 0 Å². The number of aliphatic imine (C=N–C) groups is 1. The van der Waals surface area contributed by atoms with Gasteiger partial charge in [0.25, 0.3) is 5.69 Å². The molecule has 436 valence electrons. The number of guanidine groups is 1. The maximum atomic E-state index is 14.3. The van der Waals surface area contributed by atoms with Crippen LogP contribution in [0, 0.1) is 10.1 Å². The Bertz CT molecular complexity index is 2250. The first kappa shape index (κ1) is 68.0. The van der Waals surface area contributed by atoms with E-state index in [1.165, 1.54) is 26.0 Å². The van der Waals surface area contributed by atoms with Crippen molar-refractivity contribution in [2.24, 2.45) is 33.7 Å². The van der Waals surface area contributed by atoms with E-state index in [-0.39, 0.29) is 62.3 Å². The number of hydrogen-bond donors (Lipinski definition) is 15. The first-order valence-corrected chi connectivity index (χ1v) is 25.6. The second-order valence-electron chi connectivity index (χ2n) is 18.5. The predicted molar refractivity (Wildman–Crippen MR) is 282 cm³/mol. The van der Waals surface area contributed by atoms with E-state index in [9.17, 15) is 73.1 Å². The van der Waals surface area contributed by atoms with Gasteiger partial charge in [-0.15, -0.1) is 0 Å². The number of nitro groups is 1. The minimum atomic E-state index is -1.90. The number of nitrogens with two attached hydrogens (primary N) is 5. The number of nitro benzene ring substituents is 1. The second-order valence-corrected chi connectivity index (χ2v) is 18.5. The number of nitrogens with one attached hydrogen (secondary N) is 8. The van der Waals surface area contributed by atoms with Crippen LogP contribution in [0.2, 0.25) is 0 Å². The van der Waals surface area contributed by atoms with E-state index in [0.717, 1.165) is 12.1 Å². The minimum Gasteiger partial charge on any atom is -0.481 e. The van der Waals surface area contributed by atoms with Crippen molar-refractivity contribution in [2.45, 2.75) is 178 Å². The van der Waals surface area contributed by atoms with Crippen molar-refractivity contribution < 1.29 is 67.9 Å². The van der Waals surface area contributed by atoms with Crippen LogP contribution < -0.4 is 71.2 Å². The molecule has 9 amide bonds. The van der Waals surface area contributed by atoms with Crippen LogP contribution in [-0.2, 0) is 59.2 Å². The average molecular weight is 1110 g/mol. The van der Waals surface area contributed by atoms with Crippen LogP contribution in [0.4, 0.5) is 5.69 Å². The van der Waals surface area contributed by atoms with E-state index in [2.05, 4.69) is 47.5 Å². The van der Waals surface area contributed by atoms with E-state index >= 15 is 0 Å². The van der Waals surface area contributed by atoms with Gasteiger partial charge in [-0.05, 0) is 70.9 Å². The number of hydrogen-bond acceptors (Lipinski definition) is 16. The zero-order valence-electron chi connectivity index (χ0n) is 44.5. The summed E-state index contributed by atoms with van der Waals surface area (Å²) in [6.45, 7) is 6.56. The third-order valence-corrected chi connectivity index (χ3v) is 11.9. The van der Waals surface area contributed by atoms with Crippen molar-refractivity contribution in [3.8, 4) is 0 Å². The highest BCUT2D eigenvalue weighted by atomic mass is 16.6. The summed E-state index contributed by atoms with van der Waals surface area (Å²) in [6.07, 6.45) is 0.680. The Hall–Kier alpha value is -8.02. The lowest BCUT2D eigenvalue weighted by Crippen LogP contribution is -2.60. The molecule has 1 aromatic carbocycles. The van der Waals surface area contributed by atoms with Crippen LogP contribution in [0.15, 0.2) is 29.3 Å². The largest absolute Gasteiger partial charge is 0.481 e. The number of carbonyl (C=O) groups is 11. The number of amides is 9. The Morgan fingerprint density at radius 2 is 0.987 bits per heavy atom. The summed E-state index contributed by atoms with van der Waals surface area (Å²) >= 11 is 0. The number of carboxylic acid groups (broad SMARTS) is 2. The number of unbranched alkanes of at least 4 members (excludes halogenated alkanes) is 3. The van der Waals surface area contributed by atoms with Gasteiger partial charge in [0.15, 0.2) is 5.96 Å². The predicted octanol–water partition coefficient (Wildman–Crippen LogP) is -3.23. The highest BCUT2D eigenvalue weighted by molar-refractivity contribution is 5.99. The van der Waals surface area contributed by atoms with Crippen LogP contribution in [-0.4, -0.2) is 154 Å².